The van der Waals surface area contributed by atoms with Gasteiger partial charge < -0.3 is 10.1 Å². The Balaban J connectivity index is 2.25. The molecule has 2 aromatic rings. The number of carbonyl (C=O) groups is 2. The summed E-state index contributed by atoms with van der Waals surface area (Å²) in [6.07, 6.45) is 0. The van der Waals surface area contributed by atoms with Gasteiger partial charge in [-0.3, -0.25) is 14.9 Å². The molecule has 0 aliphatic carbocycles. The lowest BCUT2D eigenvalue weighted by molar-refractivity contribution is -0.135. The maximum Gasteiger partial charge on any atom is 0.315 e. The van der Waals surface area contributed by atoms with E-state index in [1.165, 1.54) is 18.4 Å². The van der Waals surface area contributed by atoms with Crippen LogP contribution >= 0.6 is 11.3 Å². The number of hydrogen-bond acceptors (Lipinski definition) is 5. The van der Waals surface area contributed by atoms with Gasteiger partial charge in [-0.1, -0.05) is 11.3 Å². The summed E-state index contributed by atoms with van der Waals surface area (Å²) in [7, 11) is 2.97. The van der Waals surface area contributed by atoms with E-state index in [0.717, 1.165) is 16.0 Å². The van der Waals surface area contributed by atoms with Crippen LogP contribution in [0.25, 0.3) is 10.2 Å². The highest BCUT2D eigenvalue weighted by Gasteiger charge is 2.14. The second-order valence-electron chi connectivity index (χ2n) is 3.39. The molecule has 0 saturated carbocycles. The van der Waals surface area contributed by atoms with Crippen LogP contribution in [0.3, 0.4) is 0 Å². The number of rotatable bonds is 2. The first kappa shape index (κ1) is 12.3. The monoisotopic (exact) mass is 265 g/mol. The molecule has 2 amide bonds. The lowest BCUT2D eigenvalue weighted by Crippen LogP contribution is -2.32. The predicted molar refractivity (Wildman–Crippen MR) is 68.9 cm³/mol. The van der Waals surface area contributed by atoms with Crippen LogP contribution in [0.5, 0.6) is 5.75 Å². The summed E-state index contributed by atoms with van der Waals surface area (Å²) in [4.78, 5) is 26.6. The van der Waals surface area contributed by atoms with Crippen molar-refractivity contribution in [2.75, 3.05) is 19.5 Å². The van der Waals surface area contributed by atoms with Crippen LogP contribution < -0.4 is 15.4 Å². The minimum absolute atomic E-state index is 0.381. The summed E-state index contributed by atoms with van der Waals surface area (Å²) in [5, 5.41) is 5.06. The van der Waals surface area contributed by atoms with E-state index in [2.05, 4.69) is 15.6 Å². The number of aromatic nitrogens is 1. The van der Waals surface area contributed by atoms with Crippen molar-refractivity contribution in [1.29, 1.82) is 0 Å². The van der Waals surface area contributed by atoms with E-state index < -0.39 is 11.8 Å². The van der Waals surface area contributed by atoms with Crippen molar-refractivity contribution < 1.29 is 14.3 Å². The third-order valence-corrected chi connectivity index (χ3v) is 3.18. The average molecular weight is 265 g/mol. The first-order valence-electron chi connectivity index (χ1n) is 5.11. The minimum Gasteiger partial charge on any atom is -0.497 e. The molecule has 18 heavy (non-hydrogen) atoms. The Bertz CT molecular complexity index is 609. The van der Waals surface area contributed by atoms with Crippen molar-refractivity contribution in [3.8, 4) is 5.75 Å². The Morgan fingerprint density at radius 3 is 2.78 bits per heavy atom. The number of methoxy groups -OCH3 is 1. The highest BCUT2D eigenvalue weighted by atomic mass is 32.1. The van der Waals surface area contributed by atoms with E-state index >= 15 is 0 Å². The van der Waals surface area contributed by atoms with Crippen LogP contribution in [0.1, 0.15) is 0 Å². The number of fused-ring (bicyclic) bond motifs is 1. The Kier molecular flexibility index (Phi) is 3.42. The predicted octanol–water partition coefficient (Wildman–Crippen LogP) is 0.989. The molecular weight excluding hydrogens is 254 g/mol. The van der Waals surface area contributed by atoms with Crippen molar-refractivity contribution in [2.45, 2.75) is 0 Å². The topological polar surface area (TPSA) is 80.3 Å². The number of amides is 2. The summed E-state index contributed by atoms with van der Waals surface area (Å²) in [5.41, 5.74) is 0.744. The number of carbonyl (C=O) groups excluding carboxylic acids is 2. The molecule has 0 bridgehead atoms. The zero-order valence-corrected chi connectivity index (χ0v) is 10.6. The quantitative estimate of drug-likeness (QED) is 0.793. The van der Waals surface area contributed by atoms with Crippen molar-refractivity contribution >= 4 is 38.5 Å². The molecule has 0 spiro atoms. The van der Waals surface area contributed by atoms with Gasteiger partial charge in [0.15, 0.2) is 5.13 Å². The summed E-state index contributed by atoms with van der Waals surface area (Å²) < 4.78 is 5.97. The van der Waals surface area contributed by atoms with Gasteiger partial charge in [0, 0.05) is 7.05 Å². The van der Waals surface area contributed by atoms with Gasteiger partial charge in [-0.15, -0.1) is 0 Å². The fraction of sp³-hybridized carbons (Fsp3) is 0.182. The molecule has 0 aliphatic heterocycles. The fourth-order valence-electron chi connectivity index (χ4n) is 1.35. The van der Waals surface area contributed by atoms with Crippen LogP contribution in [0.4, 0.5) is 5.13 Å². The minimum atomic E-state index is -0.733. The van der Waals surface area contributed by atoms with Gasteiger partial charge in [-0.05, 0) is 18.2 Å². The number of thiazole rings is 1. The van der Waals surface area contributed by atoms with Crippen molar-refractivity contribution in [3.05, 3.63) is 18.2 Å². The smallest absolute Gasteiger partial charge is 0.315 e. The normalized spacial score (nSPS) is 10.1. The number of anilines is 1. The third-order valence-electron chi connectivity index (χ3n) is 2.25. The zero-order chi connectivity index (χ0) is 13.1. The lowest BCUT2D eigenvalue weighted by atomic mass is 10.3. The van der Waals surface area contributed by atoms with Crippen LogP contribution in [-0.4, -0.2) is 31.0 Å². The van der Waals surface area contributed by atoms with E-state index in [-0.39, 0.29) is 0 Å². The Morgan fingerprint density at radius 1 is 1.33 bits per heavy atom. The first-order chi connectivity index (χ1) is 8.63. The molecule has 0 fully saturated rings. The molecule has 0 radical (unpaired) electrons. The largest absolute Gasteiger partial charge is 0.497 e. The molecule has 0 atom stereocenters. The molecule has 0 saturated heterocycles. The van der Waals surface area contributed by atoms with Crippen LogP contribution in [0.15, 0.2) is 18.2 Å². The Hall–Kier alpha value is -2.15. The van der Waals surface area contributed by atoms with Gasteiger partial charge in [0.25, 0.3) is 0 Å². The standard InChI is InChI=1S/C11H11N3O3S/c1-12-9(15)10(16)14-11-13-7-4-3-6(17-2)5-8(7)18-11/h3-5H,1-2H3,(H,12,15)(H,13,14,16). The SMILES string of the molecule is CNC(=O)C(=O)Nc1nc2ccc(OC)cc2s1. The van der Waals surface area contributed by atoms with Gasteiger partial charge in [-0.2, -0.15) is 0 Å². The van der Waals surface area contributed by atoms with Crippen molar-refractivity contribution in [1.82, 2.24) is 10.3 Å². The third kappa shape index (κ3) is 2.40. The first-order valence-corrected chi connectivity index (χ1v) is 5.93. The number of ether oxygens (including phenoxy) is 1. The summed E-state index contributed by atoms with van der Waals surface area (Å²) in [5.74, 6) is -0.717. The molecule has 2 N–H and O–H groups in total. The van der Waals surface area contributed by atoms with Crippen LogP contribution in [0.2, 0.25) is 0 Å². The molecule has 0 unspecified atom stereocenters. The van der Waals surface area contributed by atoms with E-state index in [1.54, 1.807) is 19.2 Å². The van der Waals surface area contributed by atoms with E-state index in [4.69, 9.17) is 4.74 Å². The van der Waals surface area contributed by atoms with E-state index in [0.29, 0.717) is 5.13 Å². The molecule has 2 rings (SSSR count). The number of likely N-dealkylation sites (N-methyl/N-ethyl adjacent to an activating group) is 1. The molecule has 7 heteroatoms. The number of benzene rings is 1. The lowest BCUT2D eigenvalue weighted by Gasteiger charge is -1.98. The van der Waals surface area contributed by atoms with E-state index in [1.807, 2.05) is 6.07 Å². The van der Waals surface area contributed by atoms with Gasteiger partial charge in [-0.25, -0.2) is 4.98 Å². The molecule has 1 aromatic carbocycles. The highest BCUT2D eigenvalue weighted by molar-refractivity contribution is 7.22. The molecule has 1 heterocycles. The summed E-state index contributed by atoms with van der Waals surface area (Å²) >= 11 is 1.28. The highest BCUT2D eigenvalue weighted by Crippen LogP contribution is 2.28. The van der Waals surface area contributed by atoms with Crippen molar-refractivity contribution in [3.63, 3.8) is 0 Å². The molecule has 0 aliphatic rings. The van der Waals surface area contributed by atoms with Gasteiger partial charge in [0.1, 0.15) is 5.75 Å². The van der Waals surface area contributed by atoms with Crippen molar-refractivity contribution in [2.24, 2.45) is 0 Å². The second kappa shape index (κ2) is 5.01. The van der Waals surface area contributed by atoms with Gasteiger partial charge in [0.05, 0.1) is 17.3 Å². The summed E-state index contributed by atoms with van der Waals surface area (Å²) in [6, 6.07) is 5.40. The second-order valence-corrected chi connectivity index (χ2v) is 4.42. The maximum atomic E-state index is 11.4. The Morgan fingerprint density at radius 2 is 2.11 bits per heavy atom. The zero-order valence-electron chi connectivity index (χ0n) is 9.81. The van der Waals surface area contributed by atoms with Crippen LogP contribution in [-0.2, 0) is 9.59 Å². The molecule has 94 valence electrons. The number of nitrogens with one attached hydrogen (secondary N) is 2. The van der Waals surface area contributed by atoms with Gasteiger partial charge >= 0.3 is 11.8 Å². The number of hydrogen-bond donors (Lipinski definition) is 2. The number of nitrogens with zero attached hydrogens (tertiary/aromatic N) is 1. The maximum absolute atomic E-state index is 11.4. The Labute approximate surface area is 107 Å². The summed E-state index contributed by atoms with van der Waals surface area (Å²) in [6.45, 7) is 0. The molecular formula is C11H11N3O3S. The van der Waals surface area contributed by atoms with E-state index in [9.17, 15) is 9.59 Å². The fourth-order valence-corrected chi connectivity index (χ4v) is 2.24. The van der Waals surface area contributed by atoms with Gasteiger partial charge in [0.2, 0.25) is 0 Å². The molecule has 1 aromatic heterocycles. The molecule has 6 nitrogen and oxygen atoms in total. The van der Waals surface area contributed by atoms with Crippen LogP contribution in [0, 0.1) is 0 Å². The average Bonchev–Trinajstić information content (AvgIpc) is 2.78.